The van der Waals surface area contributed by atoms with Crippen LogP contribution in [-0.4, -0.2) is 34.3 Å². The quantitative estimate of drug-likeness (QED) is 0.437. The molecule has 0 aromatic carbocycles. The zero-order chi connectivity index (χ0) is 21.2. The first-order valence-corrected chi connectivity index (χ1v) is 11.9. The minimum Gasteiger partial charge on any atom is -0.462 e. The van der Waals surface area contributed by atoms with Crippen molar-refractivity contribution in [2.45, 2.75) is 95.6 Å². The summed E-state index contributed by atoms with van der Waals surface area (Å²) in [5.41, 5.74) is -0.158. The van der Waals surface area contributed by atoms with Crippen molar-refractivity contribution < 1.29 is 23.9 Å². The Morgan fingerprint density at radius 1 is 0.966 bits per heavy atom. The van der Waals surface area contributed by atoms with E-state index in [1.165, 1.54) is 13.8 Å². The average Bonchev–Trinajstić information content (AvgIpc) is 2.93. The summed E-state index contributed by atoms with van der Waals surface area (Å²) in [4.78, 5) is 36.6. The molecule has 8 atom stereocenters. The minimum absolute atomic E-state index is 0.0231. The van der Waals surface area contributed by atoms with E-state index in [2.05, 4.69) is 29.8 Å². The molecule has 0 radical (unpaired) electrons. The van der Waals surface area contributed by atoms with Gasteiger partial charge in [-0.2, -0.15) is 0 Å². The van der Waals surface area contributed by atoms with Crippen molar-refractivity contribution >= 4 is 33.7 Å². The molecule has 4 rings (SSSR count). The maximum Gasteiger partial charge on any atom is 0.302 e. The molecule has 4 fully saturated rings. The van der Waals surface area contributed by atoms with E-state index in [1.54, 1.807) is 0 Å². The molecule has 0 aromatic heterocycles. The van der Waals surface area contributed by atoms with E-state index in [0.29, 0.717) is 30.6 Å². The van der Waals surface area contributed by atoms with Crippen LogP contribution in [0.1, 0.15) is 79.1 Å². The fourth-order valence-corrected chi connectivity index (χ4v) is 8.66. The Kier molecular flexibility index (Phi) is 5.20. The second-order valence-corrected chi connectivity index (χ2v) is 11.8. The number of hydrogen-bond donors (Lipinski definition) is 0. The number of ketones is 1. The Morgan fingerprint density at radius 2 is 1.66 bits per heavy atom. The summed E-state index contributed by atoms with van der Waals surface area (Å²) in [6.07, 6.45) is 6.68. The summed E-state index contributed by atoms with van der Waals surface area (Å²) in [6.45, 7) is 7.49. The highest BCUT2D eigenvalue weighted by atomic mass is 79.9. The third-order valence-electron chi connectivity index (χ3n) is 9.07. The maximum atomic E-state index is 13.5. The van der Waals surface area contributed by atoms with Crippen molar-refractivity contribution in [3.8, 4) is 0 Å². The molecule has 0 heterocycles. The molecular formula is C23H33BrO5. The number of esters is 2. The van der Waals surface area contributed by atoms with Gasteiger partial charge in [-0.25, -0.2) is 0 Å². The van der Waals surface area contributed by atoms with Crippen molar-refractivity contribution in [2.75, 3.05) is 0 Å². The number of carbonyl (C=O) groups excluding carboxylic acids is 3. The van der Waals surface area contributed by atoms with Crippen molar-refractivity contribution in [1.82, 2.24) is 0 Å². The molecule has 0 aromatic rings. The van der Waals surface area contributed by atoms with Crippen LogP contribution in [0.3, 0.4) is 0 Å². The molecule has 6 heteroatoms. The predicted molar refractivity (Wildman–Crippen MR) is 111 cm³/mol. The Balaban J connectivity index is 1.61. The summed E-state index contributed by atoms with van der Waals surface area (Å²) in [5.74, 6) is 1.03. The van der Waals surface area contributed by atoms with Gasteiger partial charge in [-0.1, -0.05) is 29.8 Å². The standard InChI is InChI=1S/C23H33BrO5/c1-13(25)28-15-7-10-22(4)18-8-9-21(3)17(5-6-20(21)29-14(2)26)16(18)11-19(27)23(22,24)12-15/h15-18,20H,5-12H2,1-4H3/t15-,16-,17-,18-,20-,21-,22+,23-/m0/s1. The van der Waals surface area contributed by atoms with Crippen LogP contribution in [0.4, 0.5) is 0 Å². The number of fused-ring (bicyclic) bond motifs is 5. The van der Waals surface area contributed by atoms with Gasteiger partial charge in [0.25, 0.3) is 0 Å². The third kappa shape index (κ3) is 3.11. The van der Waals surface area contributed by atoms with Gasteiger partial charge in [0.05, 0.1) is 4.32 Å². The first kappa shape index (κ1) is 21.3. The summed E-state index contributed by atoms with van der Waals surface area (Å²) in [5, 5.41) is 0. The lowest BCUT2D eigenvalue weighted by Gasteiger charge is -2.63. The lowest BCUT2D eigenvalue weighted by atomic mass is 9.44. The van der Waals surface area contributed by atoms with Gasteiger partial charge in [-0.05, 0) is 61.7 Å². The molecule has 162 valence electrons. The summed E-state index contributed by atoms with van der Waals surface area (Å²) in [6, 6.07) is 0. The number of rotatable bonds is 2. The van der Waals surface area contributed by atoms with E-state index < -0.39 is 4.32 Å². The summed E-state index contributed by atoms with van der Waals surface area (Å²) >= 11 is 3.91. The van der Waals surface area contributed by atoms with E-state index >= 15 is 0 Å². The van der Waals surface area contributed by atoms with E-state index in [4.69, 9.17) is 9.47 Å². The van der Waals surface area contributed by atoms with Crippen LogP contribution in [0, 0.1) is 28.6 Å². The fraction of sp³-hybridized carbons (Fsp3) is 0.870. The predicted octanol–water partition coefficient (Wildman–Crippen LogP) is 4.59. The van der Waals surface area contributed by atoms with Gasteiger partial charge in [-0.3, -0.25) is 14.4 Å². The summed E-state index contributed by atoms with van der Waals surface area (Å²) < 4.78 is 10.6. The van der Waals surface area contributed by atoms with Gasteiger partial charge in [0, 0.05) is 32.1 Å². The molecule has 0 amide bonds. The van der Waals surface area contributed by atoms with Gasteiger partial charge in [-0.15, -0.1) is 0 Å². The van der Waals surface area contributed by atoms with E-state index in [-0.39, 0.29) is 40.8 Å². The number of hydrogen-bond acceptors (Lipinski definition) is 5. The van der Waals surface area contributed by atoms with Crippen molar-refractivity contribution in [3.05, 3.63) is 0 Å². The molecule has 4 aliphatic rings. The monoisotopic (exact) mass is 468 g/mol. The number of Topliss-reactive ketones (excluding diaryl/α,β-unsaturated/α-hetero) is 1. The molecule has 0 N–H and O–H groups in total. The molecule has 0 saturated heterocycles. The minimum atomic E-state index is -0.610. The van der Waals surface area contributed by atoms with Crippen LogP contribution in [0.5, 0.6) is 0 Å². The molecule has 0 spiro atoms. The number of alkyl halides is 1. The first-order chi connectivity index (χ1) is 13.5. The van der Waals surface area contributed by atoms with Crippen LogP contribution >= 0.6 is 15.9 Å². The highest BCUT2D eigenvalue weighted by Crippen LogP contribution is 2.68. The van der Waals surface area contributed by atoms with Gasteiger partial charge >= 0.3 is 11.9 Å². The average molecular weight is 469 g/mol. The van der Waals surface area contributed by atoms with Crippen molar-refractivity contribution in [3.63, 3.8) is 0 Å². The molecular weight excluding hydrogens is 436 g/mol. The third-order valence-corrected chi connectivity index (χ3v) is 10.7. The van der Waals surface area contributed by atoms with Crippen LogP contribution in [0.25, 0.3) is 0 Å². The van der Waals surface area contributed by atoms with Gasteiger partial charge in [0.15, 0.2) is 5.78 Å². The maximum absolute atomic E-state index is 13.5. The van der Waals surface area contributed by atoms with Crippen molar-refractivity contribution in [2.24, 2.45) is 28.6 Å². The van der Waals surface area contributed by atoms with Gasteiger partial charge in [0.1, 0.15) is 12.2 Å². The smallest absolute Gasteiger partial charge is 0.302 e. The van der Waals surface area contributed by atoms with Crippen LogP contribution in [0.2, 0.25) is 0 Å². The van der Waals surface area contributed by atoms with Crippen LogP contribution in [0.15, 0.2) is 0 Å². The SMILES string of the molecule is CC(=O)O[C@H]1CC[C@]2(C)[C@H]3CC[C@]4(C)[C@@H](OC(C)=O)CC[C@H]4[C@@H]3CC(=O)[C@@]2(Br)C1. The molecule has 5 nitrogen and oxygen atoms in total. The number of carbonyl (C=O) groups is 3. The zero-order valence-electron chi connectivity index (χ0n) is 18.0. The largest absolute Gasteiger partial charge is 0.462 e. The summed E-state index contributed by atoms with van der Waals surface area (Å²) in [7, 11) is 0. The number of halogens is 1. The van der Waals surface area contributed by atoms with Gasteiger partial charge in [0.2, 0.25) is 0 Å². The van der Waals surface area contributed by atoms with Crippen molar-refractivity contribution in [1.29, 1.82) is 0 Å². The lowest BCUT2D eigenvalue weighted by molar-refractivity contribution is -0.169. The molecule has 0 unspecified atom stereocenters. The highest BCUT2D eigenvalue weighted by molar-refractivity contribution is 9.10. The van der Waals surface area contributed by atoms with Crippen LogP contribution < -0.4 is 0 Å². The fourth-order valence-electron chi connectivity index (χ4n) is 7.64. The van der Waals surface area contributed by atoms with Crippen LogP contribution in [-0.2, 0) is 23.9 Å². The first-order valence-electron chi connectivity index (χ1n) is 11.1. The van der Waals surface area contributed by atoms with E-state index in [0.717, 1.165) is 38.5 Å². The molecule has 0 bridgehead atoms. The molecule has 0 aliphatic heterocycles. The zero-order valence-corrected chi connectivity index (χ0v) is 19.5. The second kappa shape index (κ2) is 7.06. The van der Waals surface area contributed by atoms with Gasteiger partial charge < -0.3 is 9.47 Å². The van der Waals surface area contributed by atoms with E-state index in [1.807, 2.05) is 0 Å². The normalized spacial score (nSPS) is 48.9. The Hall–Kier alpha value is -0.910. The molecule has 4 saturated carbocycles. The Labute approximate surface area is 181 Å². The Bertz CT molecular complexity index is 737. The van der Waals surface area contributed by atoms with E-state index in [9.17, 15) is 14.4 Å². The topological polar surface area (TPSA) is 69.7 Å². The second-order valence-electron chi connectivity index (χ2n) is 10.4. The number of ether oxygens (including phenoxy) is 2. The molecule has 4 aliphatic carbocycles. The Morgan fingerprint density at radius 3 is 2.31 bits per heavy atom. The molecule has 29 heavy (non-hydrogen) atoms. The highest BCUT2D eigenvalue weighted by Gasteiger charge is 2.67. The lowest BCUT2D eigenvalue weighted by Crippen LogP contribution is -2.64.